The molecule has 2 heterocycles. The molecule has 0 bridgehead atoms. The van der Waals surface area contributed by atoms with E-state index < -0.39 is 0 Å². The molecule has 2 aromatic carbocycles. The Kier molecular flexibility index (Phi) is 5.35. The molecule has 1 N–H and O–H groups in total. The van der Waals surface area contributed by atoms with Gasteiger partial charge >= 0.3 is 0 Å². The van der Waals surface area contributed by atoms with E-state index in [1.54, 1.807) is 4.68 Å². The summed E-state index contributed by atoms with van der Waals surface area (Å²) in [5, 5.41) is 7.73. The number of carbonyl (C=O) groups excluding carboxylic acids is 1. The molecule has 136 valence electrons. The molecule has 0 spiro atoms. The lowest BCUT2D eigenvalue weighted by atomic mass is 10.3. The first-order valence-corrected chi connectivity index (χ1v) is 11.0. The molecular weight excluding hydrogens is 416 g/mol. The maximum absolute atomic E-state index is 12.5. The lowest BCUT2D eigenvalue weighted by Crippen LogP contribution is -2.22. The van der Waals surface area contributed by atoms with Gasteiger partial charge in [0.1, 0.15) is 0 Å². The summed E-state index contributed by atoms with van der Waals surface area (Å²) < 4.78 is 4.19. The van der Waals surface area contributed by atoms with Crippen LogP contribution in [0.4, 0.5) is 5.13 Å². The van der Waals surface area contributed by atoms with Crippen molar-refractivity contribution in [3.63, 3.8) is 0 Å². The Balaban J connectivity index is 1.46. The standard InChI is InChI=1S/C18H14N4OS4/c1-11(15(23)20-16-19-13-9-5-6-10-14(13)26-16)25-17-21-22(18(24)27-17)12-7-3-2-4-8-12/h2-11H,1H3,(H,19,20,23). The van der Waals surface area contributed by atoms with E-state index in [1.165, 1.54) is 34.4 Å². The lowest BCUT2D eigenvalue weighted by Gasteiger charge is -2.07. The summed E-state index contributed by atoms with van der Waals surface area (Å²) in [4.78, 5) is 17.0. The Morgan fingerprint density at radius 1 is 1.15 bits per heavy atom. The third kappa shape index (κ3) is 4.11. The van der Waals surface area contributed by atoms with Crippen molar-refractivity contribution < 1.29 is 4.79 Å². The molecule has 0 aliphatic rings. The number of anilines is 1. The fourth-order valence-electron chi connectivity index (χ4n) is 2.38. The highest BCUT2D eigenvalue weighted by molar-refractivity contribution is 8.02. The van der Waals surface area contributed by atoms with Gasteiger partial charge in [0.15, 0.2) is 13.4 Å². The minimum atomic E-state index is -0.318. The minimum absolute atomic E-state index is 0.105. The van der Waals surface area contributed by atoms with E-state index in [-0.39, 0.29) is 11.2 Å². The summed E-state index contributed by atoms with van der Waals surface area (Å²) in [5.41, 5.74) is 1.80. The van der Waals surface area contributed by atoms with Gasteiger partial charge in [-0.1, -0.05) is 64.8 Å². The summed E-state index contributed by atoms with van der Waals surface area (Å²) in [7, 11) is 0. The molecule has 1 unspecified atom stereocenters. The van der Waals surface area contributed by atoms with Gasteiger partial charge in [0.2, 0.25) is 5.91 Å². The highest BCUT2D eigenvalue weighted by Gasteiger charge is 2.19. The average Bonchev–Trinajstić information content (AvgIpc) is 3.24. The predicted molar refractivity (Wildman–Crippen MR) is 116 cm³/mol. The Morgan fingerprint density at radius 2 is 1.89 bits per heavy atom. The second kappa shape index (κ2) is 7.89. The van der Waals surface area contributed by atoms with Gasteiger partial charge in [0.25, 0.3) is 0 Å². The molecule has 4 aromatic rings. The van der Waals surface area contributed by atoms with Gasteiger partial charge in [0.05, 0.1) is 21.2 Å². The molecule has 0 saturated carbocycles. The largest absolute Gasteiger partial charge is 0.301 e. The fourth-order valence-corrected chi connectivity index (χ4v) is 5.75. The van der Waals surface area contributed by atoms with Crippen LogP contribution < -0.4 is 5.32 Å². The molecule has 9 heteroatoms. The second-order valence-corrected chi connectivity index (χ2v) is 9.86. The van der Waals surface area contributed by atoms with Gasteiger partial charge in [-0.25, -0.2) is 9.67 Å². The fraction of sp³-hybridized carbons (Fsp3) is 0.111. The second-order valence-electron chi connectivity index (χ2n) is 5.62. The van der Waals surface area contributed by atoms with Crippen molar-refractivity contribution in [1.29, 1.82) is 0 Å². The molecule has 27 heavy (non-hydrogen) atoms. The van der Waals surface area contributed by atoms with Crippen LogP contribution in [0.25, 0.3) is 15.9 Å². The maximum Gasteiger partial charge on any atom is 0.239 e. The quantitative estimate of drug-likeness (QED) is 0.340. The zero-order valence-corrected chi connectivity index (χ0v) is 17.4. The molecular formula is C18H14N4OS4. The first-order valence-electron chi connectivity index (χ1n) is 8.09. The van der Waals surface area contributed by atoms with Crippen LogP contribution in [-0.2, 0) is 4.79 Å². The number of hydrogen-bond acceptors (Lipinski definition) is 7. The Hall–Kier alpha value is -2.07. The maximum atomic E-state index is 12.5. The number of hydrogen-bond donors (Lipinski definition) is 1. The van der Waals surface area contributed by atoms with Crippen molar-refractivity contribution in [3.05, 3.63) is 58.6 Å². The zero-order chi connectivity index (χ0) is 18.8. The third-order valence-electron chi connectivity index (χ3n) is 3.70. The van der Waals surface area contributed by atoms with Crippen molar-refractivity contribution in [2.75, 3.05) is 5.32 Å². The Labute approximate surface area is 173 Å². The first kappa shape index (κ1) is 18.3. The molecule has 0 saturated heterocycles. The van der Waals surface area contributed by atoms with E-state index in [4.69, 9.17) is 12.2 Å². The van der Waals surface area contributed by atoms with Crippen LogP contribution in [0.2, 0.25) is 0 Å². The van der Waals surface area contributed by atoms with Crippen molar-refractivity contribution in [1.82, 2.24) is 14.8 Å². The first-order chi connectivity index (χ1) is 13.1. The van der Waals surface area contributed by atoms with Gasteiger partial charge < -0.3 is 5.32 Å². The molecule has 1 amide bonds. The molecule has 4 rings (SSSR count). The van der Waals surface area contributed by atoms with E-state index in [0.717, 1.165) is 20.2 Å². The van der Waals surface area contributed by atoms with Gasteiger partial charge in [0, 0.05) is 0 Å². The molecule has 0 aliphatic heterocycles. The lowest BCUT2D eigenvalue weighted by molar-refractivity contribution is -0.115. The highest BCUT2D eigenvalue weighted by Crippen LogP contribution is 2.30. The van der Waals surface area contributed by atoms with Crippen molar-refractivity contribution >= 4 is 67.9 Å². The predicted octanol–water partition coefficient (Wildman–Crippen LogP) is 5.39. The van der Waals surface area contributed by atoms with E-state index in [0.29, 0.717) is 9.09 Å². The molecule has 1 atom stereocenters. The number of thiazole rings is 1. The number of nitrogens with one attached hydrogen (secondary N) is 1. The average molecular weight is 431 g/mol. The van der Waals surface area contributed by atoms with Gasteiger partial charge in [-0.05, 0) is 43.4 Å². The summed E-state index contributed by atoms with van der Waals surface area (Å²) in [6, 6.07) is 17.6. The number of benzene rings is 2. The van der Waals surface area contributed by atoms with E-state index in [9.17, 15) is 4.79 Å². The van der Waals surface area contributed by atoms with Crippen molar-refractivity contribution in [3.8, 4) is 5.69 Å². The van der Waals surface area contributed by atoms with Crippen LogP contribution in [0.1, 0.15) is 6.92 Å². The summed E-state index contributed by atoms with van der Waals surface area (Å²) >= 11 is 9.67. The molecule has 0 radical (unpaired) electrons. The minimum Gasteiger partial charge on any atom is -0.301 e. The van der Waals surface area contributed by atoms with Gasteiger partial charge in [-0.3, -0.25) is 4.79 Å². The van der Waals surface area contributed by atoms with Crippen LogP contribution in [-0.4, -0.2) is 25.9 Å². The highest BCUT2D eigenvalue weighted by atomic mass is 32.2. The third-order valence-corrected chi connectivity index (χ3v) is 7.07. The molecule has 2 aromatic heterocycles. The number of amides is 1. The smallest absolute Gasteiger partial charge is 0.239 e. The Bertz CT molecular complexity index is 1120. The monoisotopic (exact) mass is 430 g/mol. The van der Waals surface area contributed by atoms with Crippen LogP contribution in [0.3, 0.4) is 0 Å². The normalized spacial score (nSPS) is 12.2. The SMILES string of the molecule is CC(Sc1nn(-c2ccccc2)c(=S)s1)C(=O)Nc1nc2ccccc2s1. The summed E-state index contributed by atoms with van der Waals surface area (Å²) in [5.74, 6) is -0.105. The molecule has 5 nitrogen and oxygen atoms in total. The van der Waals surface area contributed by atoms with Crippen molar-refractivity contribution in [2.24, 2.45) is 0 Å². The number of thioether (sulfide) groups is 1. The molecule has 0 fully saturated rings. The number of rotatable bonds is 5. The van der Waals surface area contributed by atoms with Crippen LogP contribution in [0.15, 0.2) is 58.9 Å². The topological polar surface area (TPSA) is 59.8 Å². The van der Waals surface area contributed by atoms with Crippen LogP contribution in [0, 0.1) is 3.95 Å². The van der Waals surface area contributed by atoms with Gasteiger partial charge in [-0.15, -0.1) is 5.10 Å². The Morgan fingerprint density at radius 3 is 2.67 bits per heavy atom. The van der Waals surface area contributed by atoms with Gasteiger partial charge in [-0.2, -0.15) is 0 Å². The number of carbonyl (C=O) groups is 1. The van der Waals surface area contributed by atoms with E-state index in [1.807, 2.05) is 61.5 Å². The van der Waals surface area contributed by atoms with Crippen LogP contribution >= 0.6 is 46.7 Å². The zero-order valence-electron chi connectivity index (χ0n) is 14.2. The molecule has 0 aliphatic carbocycles. The van der Waals surface area contributed by atoms with Crippen LogP contribution in [0.5, 0.6) is 0 Å². The van der Waals surface area contributed by atoms with E-state index >= 15 is 0 Å². The summed E-state index contributed by atoms with van der Waals surface area (Å²) in [6.07, 6.45) is 0. The number of aromatic nitrogens is 3. The summed E-state index contributed by atoms with van der Waals surface area (Å²) in [6.45, 7) is 1.85. The van der Waals surface area contributed by atoms with Crippen molar-refractivity contribution in [2.45, 2.75) is 16.5 Å². The number of fused-ring (bicyclic) bond motifs is 1. The number of para-hydroxylation sites is 2. The van der Waals surface area contributed by atoms with E-state index in [2.05, 4.69) is 15.4 Å². The number of nitrogens with zero attached hydrogens (tertiary/aromatic N) is 3.